The van der Waals surface area contributed by atoms with E-state index in [0.717, 1.165) is 28.5 Å². The van der Waals surface area contributed by atoms with Gasteiger partial charge in [-0.15, -0.1) is 0 Å². The van der Waals surface area contributed by atoms with Crippen molar-refractivity contribution >= 4 is 34.3 Å². The molecule has 5 nitrogen and oxygen atoms in total. The van der Waals surface area contributed by atoms with E-state index in [1.165, 1.54) is 50.2 Å². The Morgan fingerprint density at radius 3 is 2.39 bits per heavy atom. The van der Waals surface area contributed by atoms with Crippen molar-refractivity contribution in [1.29, 1.82) is 0 Å². The molecule has 216 valence electrons. The van der Waals surface area contributed by atoms with E-state index in [4.69, 9.17) is 4.98 Å². The second-order valence-corrected chi connectivity index (χ2v) is 12.1. The molecule has 10 rings (SSSR count). The van der Waals surface area contributed by atoms with Crippen LogP contribution in [0.3, 0.4) is 0 Å². The number of pyridine rings is 1. The molecule has 0 amide bonds. The van der Waals surface area contributed by atoms with E-state index < -0.39 is 0 Å². The summed E-state index contributed by atoms with van der Waals surface area (Å²) in [6.45, 7) is 0. The number of hydrogen-bond acceptors (Lipinski definition) is 2. The molecule has 0 fully saturated rings. The lowest BCUT2D eigenvalue weighted by Crippen LogP contribution is -2.27. The number of rotatable bonds is 4. The molecule has 3 aliphatic rings. The van der Waals surface area contributed by atoms with Crippen molar-refractivity contribution in [1.82, 2.24) is 19.2 Å². The van der Waals surface area contributed by atoms with Crippen molar-refractivity contribution in [3.05, 3.63) is 168 Å². The lowest BCUT2D eigenvalue weighted by molar-refractivity contribution is 0.647. The van der Waals surface area contributed by atoms with E-state index in [1.54, 1.807) is 0 Å². The van der Waals surface area contributed by atoms with Crippen molar-refractivity contribution in [3.63, 3.8) is 0 Å². The van der Waals surface area contributed by atoms with E-state index in [-0.39, 0.29) is 12.0 Å². The zero-order valence-corrected chi connectivity index (χ0v) is 24.9. The van der Waals surface area contributed by atoms with Gasteiger partial charge in [-0.3, -0.25) is 0 Å². The normalized spacial score (nSPS) is 17.1. The van der Waals surface area contributed by atoms with Gasteiger partial charge >= 0.3 is 5.71 Å². The second kappa shape index (κ2) is 9.67. The number of anilines is 2. The fraction of sp³-hybridized carbons (Fsp3) is 0.0488. The quantitative estimate of drug-likeness (QED) is 0.209. The standard InChI is InChI=1S/C41H28N5/c1-2-12-27(13-3-1)45-35-20-8-6-16-30(35)38-39-31-17-7-9-21-36(31)46(41(39)29-15-5-4-14-28(29)40(38)45)37-25-26(32-18-10-22-42-32)24-34(44-37)33-19-11-23-43-33/h1-25,39,41,43H/q+1. The summed E-state index contributed by atoms with van der Waals surface area (Å²) in [6, 6.07) is 46.0. The Bertz CT molecular complexity index is 2420. The van der Waals surface area contributed by atoms with Gasteiger partial charge in [0.15, 0.2) is 0 Å². The molecule has 0 saturated carbocycles. The van der Waals surface area contributed by atoms with Crippen LogP contribution in [0.1, 0.15) is 34.2 Å². The number of H-pyrrole nitrogens is 1. The van der Waals surface area contributed by atoms with Crippen LogP contribution in [0.2, 0.25) is 0 Å². The molecule has 46 heavy (non-hydrogen) atoms. The third kappa shape index (κ3) is 3.52. The molecule has 2 unspecified atom stereocenters. The highest BCUT2D eigenvalue weighted by atomic mass is 15.3. The number of fused-ring (bicyclic) bond motifs is 10. The van der Waals surface area contributed by atoms with Gasteiger partial charge in [0.2, 0.25) is 0 Å². The van der Waals surface area contributed by atoms with Crippen LogP contribution in [0.25, 0.3) is 39.2 Å². The average molecular weight is 591 g/mol. The van der Waals surface area contributed by atoms with E-state index in [9.17, 15) is 0 Å². The van der Waals surface area contributed by atoms with Gasteiger partial charge in [0, 0.05) is 46.6 Å². The van der Waals surface area contributed by atoms with Gasteiger partial charge in [0.05, 0.1) is 34.2 Å². The molecule has 3 aromatic heterocycles. The van der Waals surface area contributed by atoms with Crippen molar-refractivity contribution < 1.29 is 0 Å². The maximum Gasteiger partial charge on any atom is 0.334 e. The van der Waals surface area contributed by atoms with E-state index in [2.05, 4.69) is 147 Å². The fourth-order valence-corrected chi connectivity index (χ4v) is 7.88. The van der Waals surface area contributed by atoms with E-state index in [1.807, 2.05) is 24.6 Å². The van der Waals surface area contributed by atoms with Crippen molar-refractivity contribution in [2.24, 2.45) is 0 Å². The molecule has 0 radical (unpaired) electrons. The van der Waals surface area contributed by atoms with Crippen LogP contribution < -0.4 is 9.57 Å². The first-order valence-corrected chi connectivity index (χ1v) is 15.8. The summed E-state index contributed by atoms with van der Waals surface area (Å²) in [7, 11) is 0. The van der Waals surface area contributed by atoms with Crippen molar-refractivity contribution in [3.8, 4) is 28.3 Å². The average Bonchev–Trinajstić information content (AvgIpc) is 3.94. The first-order valence-electron chi connectivity index (χ1n) is 15.8. The molecule has 2 atom stereocenters. The predicted molar refractivity (Wildman–Crippen MR) is 187 cm³/mol. The minimum absolute atomic E-state index is 0.0167. The van der Waals surface area contributed by atoms with Crippen LogP contribution in [-0.2, 0) is 0 Å². The third-order valence-electron chi connectivity index (χ3n) is 9.68. The van der Waals surface area contributed by atoms with Crippen molar-refractivity contribution in [2.45, 2.75) is 12.0 Å². The molecule has 0 bridgehead atoms. The minimum Gasteiger partial charge on any atom is -0.360 e. The van der Waals surface area contributed by atoms with E-state index in [0.29, 0.717) is 0 Å². The molecular formula is C41H28N5+. The monoisotopic (exact) mass is 590 g/mol. The summed E-state index contributed by atoms with van der Waals surface area (Å²) in [4.78, 5) is 11.2. The molecule has 5 heteroatoms. The summed E-state index contributed by atoms with van der Waals surface area (Å²) >= 11 is 0. The van der Waals surface area contributed by atoms with Gasteiger partial charge in [0.25, 0.3) is 6.21 Å². The first kappa shape index (κ1) is 25.2. The number of allylic oxidation sites excluding steroid dienone is 2. The zero-order valence-electron chi connectivity index (χ0n) is 24.9. The van der Waals surface area contributed by atoms with Gasteiger partial charge < -0.3 is 14.5 Å². The SMILES string of the molecule is C1=CC(c2cc(-c3ccc[nH]3)nc(N3c4ccccc4C4c5c(n(-c6ccccc6)c6ccccc56)-c5ccccc5C43)c2)=[N+]=C1. The number of aromatic nitrogens is 3. The van der Waals surface area contributed by atoms with Gasteiger partial charge in [0.1, 0.15) is 5.82 Å². The Morgan fingerprint density at radius 1 is 0.739 bits per heavy atom. The Morgan fingerprint density at radius 2 is 1.54 bits per heavy atom. The molecule has 1 aliphatic carbocycles. The predicted octanol–water partition coefficient (Wildman–Crippen LogP) is 8.52. The van der Waals surface area contributed by atoms with Crippen LogP contribution in [0.5, 0.6) is 0 Å². The van der Waals surface area contributed by atoms with Gasteiger partial charge in [-0.2, -0.15) is 0 Å². The number of nitrogens with zero attached hydrogens (tertiary/aromatic N) is 4. The Balaban J connectivity index is 1.28. The zero-order chi connectivity index (χ0) is 30.2. The van der Waals surface area contributed by atoms with Crippen LogP contribution in [0.4, 0.5) is 11.5 Å². The Hall–Kier alpha value is -6.16. The maximum absolute atomic E-state index is 5.36. The van der Waals surface area contributed by atoms with Crippen LogP contribution in [0.15, 0.2) is 146 Å². The molecule has 1 N–H and O–H groups in total. The summed E-state index contributed by atoms with van der Waals surface area (Å²) in [5.41, 5.74) is 14.0. The summed E-state index contributed by atoms with van der Waals surface area (Å²) in [5.74, 6) is 1.02. The number of benzene rings is 4. The number of nitrogens with one attached hydrogen (secondary N) is 1. The lowest BCUT2D eigenvalue weighted by Gasteiger charge is -2.36. The highest BCUT2D eigenvalue weighted by Crippen LogP contribution is 2.62. The highest BCUT2D eigenvalue weighted by molar-refractivity contribution is 6.14. The van der Waals surface area contributed by atoms with Gasteiger partial charge in [-0.1, -0.05) is 83.5 Å². The molecule has 7 aromatic rings. The number of hydrogen-bond donors (Lipinski definition) is 1. The first-order chi connectivity index (χ1) is 22.8. The minimum atomic E-state index is 0.0167. The molecule has 4 aromatic carbocycles. The van der Waals surface area contributed by atoms with Gasteiger partial charge in [-0.05, 0) is 65.2 Å². The van der Waals surface area contributed by atoms with Crippen LogP contribution in [-0.4, -0.2) is 26.5 Å². The second-order valence-electron chi connectivity index (χ2n) is 12.1. The molecule has 0 spiro atoms. The topological polar surface area (TPSA) is 51.0 Å². The molecular weight excluding hydrogens is 562 g/mol. The largest absolute Gasteiger partial charge is 0.360 e. The van der Waals surface area contributed by atoms with E-state index >= 15 is 0 Å². The summed E-state index contributed by atoms with van der Waals surface area (Å²) < 4.78 is 7.14. The Labute approximate surface area is 266 Å². The lowest BCUT2D eigenvalue weighted by atomic mass is 9.75. The van der Waals surface area contributed by atoms with Crippen LogP contribution in [0, 0.1) is 0 Å². The van der Waals surface area contributed by atoms with Crippen molar-refractivity contribution in [2.75, 3.05) is 4.90 Å². The fourth-order valence-electron chi connectivity index (χ4n) is 7.88. The molecule has 0 saturated heterocycles. The Kier molecular flexibility index (Phi) is 5.30. The number of para-hydroxylation sites is 3. The number of aromatic amines is 1. The molecule has 2 aliphatic heterocycles. The van der Waals surface area contributed by atoms with Crippen LogP contribution >= 0.6 is 0 Å². The third-order valence-corrected chi connectivity index (χ3v) is 9.68. The summed E-state index contributed by atoms with van der Waals surface area (Å²) in [5, 5.41) is 1.29. The molecule has 5 heterocycles. The highest BCUT2D eigenvalue weighted by Gasteiger charge is 2.48. The van der Waals surface area contributed by atoms with Gasteiger partial charge in [-0.25, -0.2) is 4.98 Å². The summed E-state index contributed by atoms with van der Waals surface area (Å²) in [6.07, 6.45) is 7.87. The smallest absolute Gasteiger partial charge is 0.334 e. The maximum atomic E-state index is 5.36.